The van der Waals surface area contributed by atoms with Crippen LogP contribution in [0, 0.1) is 0 Å². The molecule has 0 spiro atoms. The number of nitrogens with zero attached hydrogens (tertiary/aromatic N) is 1. The van der Waals surface area contributed by atoms with Crippen LogP contribution < -0.4 is 5.76 Å². The molecule has 0 atom stereocenters. The van der Waals surface area contributed by atoms with Crippen LogP contribution in [0.2, 0.25) is 0 Å². The van der Waals surface area contributed by atoms with Crippen LogP contribution >= 0.6 is 0 Å². The van der Waals surface area contributed by atoms with Crippen LogP contribution in [0.5, 0.6) is 0 Å². The van der Waals surface area contributed by atoms with Gasteiger partial charge in [-0.1, -0.05) is 6.07 Å². The number of ether oxygens (including phenoxy) is 1. The Morgan fingerprint density at radius 2 is 2.17 bits per heavy atom. The summed E-state index contributed by atoms with van der Waals surface area (Å²) in [5, 5.41) is 0. The van der Waals surface area contributed by atoms with Gasteiger partial charge in [-0.05, 0) is 30.5 Å². The van der Waals surface area contributed by atoms with Crippen molar-refractivity contribution >= 4 is 17.1 Å². The quantitative estimate of drug-likeness (QED) is 0.751. The second kappa shape index (κ2) is 3.48. The zero-order chi connectivity index (χ0) is 12.9. The van der Waals surface area contributed by atoms with E-state index in [0.29, 0.717) is 5.58 Å². The van der Waals surface area contributed by atoms with Crippen LogP contribution in [0.25, 0.3) is 11.1 Å². The molecule has 94 valence electrons. The lowest BCUT2D eigenvalue weighted by molar-refractivity contribution is -0.143. The highest BCUT2D eigenvalue weighted by Gasteiger charge is 2.52. The summed E-state index contributed by atoms with van der Waals surface area (Å²) >= 11 is 0. The molecule has 1 heterocycles. The summed E-state index contributed by atoms with van der Waals surface area (Å²) < 4.78 is 11.4. The van der Waals surface area contributed by atoms with Gasteiger partial charge in [0.2, 0.25) is 0 Å². The smallest absolute Gasteiger partial charge is 0.419 e. The molecule has 5 nitrogen and oxygen atoms in total. The maximum Gasteiger partial charge on any atom is 0.419 e. The first kappa shape index (κ1) is 11.1. The third kappa shape index (κ3) is 1.33. The van der Waals surface area contributed by atoms with Crippen molar-refractivity contribution in [2.24, 2.45) is 7.05 Å². The Balaban J connectivity index is 2.15. The summed E-state index contributed by atoms with van der Waals surface area (Å²) in [5.74, 6) is -0.620. The summed E-state index contributed by atoms with van der Waals surface area (Å²) in [6.07, 6.45) is 1.56. The van der Waals surface area contributed by atoms with E-state index in [0.717, 1.165) is 23.9 Å². The number of rotatable bonds is 2. The number of aryl methyl sites for hydroxylation is 1. The number of esters is 1. The zero-order valence-electron chi connectivity index (χ0n) is 10.2. The topological polar surface area (TPSA) is 61.4 Å². The Kier molecular flexibility index (Phi) is 2.14. The highest BCUT2D eigenvalue weighted by atomic mass is 16.5. The molecular formula is C13H13NO4. The van der Waals surface area contributed by atoms with Gasteiger partial charge < -0.3 is 9.15 Å². The summed E-state index contributed by atoms with van der Waals surface area (Å²) in [7, 11) is 3.05. The van der Waals surface area contributed by atoms with Crippen LogP contribution in [0.1, 0.15) is 18.4 Å². The minimum Gasteiger partial charge on any atom is -0.468 e. The van der Waals surface area contributed by atoms with Crippen molar-refractivity contribution < 1.29 is 13.9 Å². The Hall–Kier alpha value is -2.04. The zero-order valence-corrected chi connectivity index (χ0v) is 10.2. The molecule has 0 bridgehead atoms. The van der Waals surface area contributed by atoms with Crippen molar-refractivity contribution in [3.63, 3.8) is 0 Å². The number of fused-ring (bicyclic) bond motifs is 1. The van der Waals surface area contributed by atoms with E-state index < -0.39 is 11.2 Å². The number of carbonyl (C=O) groups excluding carboxylic acids is 1. The predicted molar refractivity (Wildman–Crippen MR) is 64.4 cm³/mol. The molecule has 1 aromatic heterocycles. The Bertz CT molecular complexity index is 691. The number of aromatic nitrogens is 1. The Morgan fingerprint density at radius 3 is 2.78 bits per heavy atom. The lowest BCUT2D eigenvalue weighted by atomic mass is 9.96. The fraction of sp³-hybridized carbons (Fsp3) is 0.385. The number of methoxy groups -OCH3 is 1. The van der Waals surface area contributed by atoms with E-state index in [4.69, 9.17) is 9.15 Å². The first-order valence-electron chi connectivity index (χ1n) is 5.77. The van der Waals surface area contributed by atoms with E-state index >= 15 is 0 Å². The minimum absolute atomic E-state index is 0.222. The van der Waals surface area contributed by atoms with Gasteiger partial charge in [0.05, 0.1) is 18.0 Å². The number of benzene rings is 1. The minimum atomic E-state index is -0.530. The third-order valence-electron chi connectivity index (χ3n) is 3.67. The molecular weight excluding hydrogens is 234 g/mol. The van der Waals surface area contributed by atoms with Gasteiger partial charge in [-0.25, -0.2) is 4.79 Å². The molecule has 0 radical (unpaired) electrons. The van der Waals surface area contributed by atoms with E-state index in [1.165, 1.54) is 11.7 Å². The van der Waals surface area contributed by atoms with E-state index in [9.17, 15) is 9.59 Å². The molecule has 0 aliphatic heterocycles. The lowest BCUT2D eigenvalue weighted by Crippen LogP contribution is -2.21. The number of carbonyl (C=O) groups is 1. The first-order valence-corrected chi connectivity index (χ1v) is 5.77. The fourth-order valence-corrected chi connectivity index (χ4v) is 2.36. The third-order valence-corrected chi connectivity index (χ3v) is 3.67. The molecule has 1 aliphatic carbocycles. The maximum absolute atomic E-state index is 11.8. The number of oxazole rings is 1. The van der Waals surface area contributed by atoms with Crippen molar-refractivity contribution in [2.75, 3.05) is 7.11 Å². The monoisotopic (exact) mass is 247 g/mol. The Labute approximate surface area is 103 Å². The van der Waals surface area contributed by atoms with Crippen LogP contribution in [0.4, 0.5) is 0 Å². The SMILES string of the molecule is COC(=O)C1(c2ccc3c(c2)oc(=O)n3C)CC1. The summed E-state index contributed by atoms with van der Waals surface area (Å²) in [6, 6.07) is 5.43. The van der Waals surface area contributed by atoms with Crippen LogP contribution in [-0.4, -0.2) is 17.6 Å². The Morgan fingerprint density at radius 1 is 1.44 bits per heavy atom. The van der Waals surface area contributed by atoms with Crippen LogP contribution in [0.15, 0.2) is 27.4 Å². The van der Waals surface area contributed by atoms with Gasteiger partial charge in [-0.3, -0.25) is 9.36 Å². The fourth-order valence-electron chi connectivity index (χ4n) is 2.36. The summed E-state index contributed by atoms with van der Waals surface area (Å²) in [4.78, 5) is 23.2. The molecule has 0 unspecified atom stereocenters. The van der Waals surface area contributed by atoms with E-state index in [-0.39, 0.29) is 5.97 Å². The molecule has 5 heteroatoms. The van der Waals surface area contributed by atoms with Crippen molar-refractivity contribution in [1.29, 1.82) is 0 Å². The van der Waals surface area contributed by atoms with Crippen molar-refractivity contribution in [3.8, 4) is 0 Å². The van der Waals surface area contributed by atoms with Crippen molar-refractivity contribution in [3.05, 3.63) is 34.3 Å². The highest BCUT2D eigenvalue weighted by molar-refractivity contribution is 5.88. The average Bonchev–Trinajstić information content (AvgIpc) is 3.13. The van der Waals surface area contributed by atoms with E-state index in [1.54, 1.807) is 19.2 Å². The van der Waals surface area contributed by atoms with Crippen molar-refractivity contribution in [1.82, 2.24) is 4.57 Å². The lowest BCUT2D eigenvalue weighted by Gasteiger charge is -2.12. The van der Waals surface area contributed by atoms with Gasteiger partial charge in [0, 0.05) is 7.05 Å². The predicted octanol–water partition coefficient (Wildman–Crippen LogP) is 1.34. The maximum atomic E-state index is 11.8. The molecule has 18 heavy (non-hydrogen) atoms. The molecule has 0 N–H and O–H groups in total. The average molecular weight is 247 g/mol. The van der Waals surface area contributed by atoms with Gasteiger partial charge >= 0.3 is 11.7 Å². The van der Waals surface area contributed by atoms with Crippen LogP contribution in [0.3, 0.4) is 0 Å². The molecule has 1 fully saturated rings. The summed E-state index contributed by atoms with van der Waals surface area (Å²) in [5.41, 5.74) is 1.56. The van der Waals surface area contributed by atoms with Gasteiger partial charge in [0.15, 0.2) is 5.58 Å². The molecule has 1 saturated carbocycles. The van der Waals surface area contributed by atoms with E-state index in [2.05, 4.69) is 0 Å². The van der Waals surface area contributed by atoms with E-state index in [1.807, 2.05) is 6.07 Å². The van der Waals surface area contributed by atoms with Crippen LogP contribution in [-0.2, 0) is 22.0 Å². The number of hydrogen-bond donors (Lipinski definition) is 0. The second-order valence-corrected chi connectivity index (χ2v) is 4.68. The molecule has 2 aromatic rings. The van der Waals surface area contributed by atoms with Crippen molar-refractivity contribution in [2.45, 2.75) is 18.3 Å². The molecule has 1 aromatic carbocycles. The standard InChI is InChI=1S/C13H13NO4/c1-14-9-4-3-8(7-10(9)18-12(14)16)13(5-6-13)11(15)17-2/h3-4,7H,5-6H2,1-2H3. The normalized spacial score (nSPS) is 16.8. The molecule has 1 aliphatic rings. The largest absolute Gasteiger partial charge is 0.468 e. The summed E-state index contributed by atoms with van der Waals surface area (Å²) in [6.45, 7) is 0. The van der Waals surface area contributed by atoms with Gasteiger partial charge in [0.1, 0.15) is 0 Å². The van der Waals surface area contributed by atoms with Gasteiger partial charge in [-0.2, -0.15) is 0 Å². The molecule has 3 rings (SSSR count). The van der Waals surface area contributed by atoms with Gasteiger partial charge in [0.25, 0.3) is 0 Å². The molecule has 0 amide bonds. The first-order chi connectivity index (χ1) is 8.58. The second-order valence-electron chi connectivity index (χ2n) is 4.68. The highest BCUT2D eigenvalue weighted by Crippen LogP contribution is 2.49. The van der Waals surface area contributed by atoms with Gasteiger partial charge in [-0.15, -0.1) is 0 Å². The number of hydrogen-bond acceptors (Lipinski definition) is 4. The molecule has 0 saturated heterocycles.